The minimum absolute atomic E-state index is 0.128. The molecule has 0 atom stereocenters. The van der Waals surface area contributed by atoms with Crippen LogP contribution in [0.1, 0.15) is 5.56 Å². The highest BCUT2D eigenvalue weighted by atomic mass is 16.5. The van der Waals surface area contributed by atoms with Crippen LogP contribution in [-0.4, -0.2) is 19.9 Å². The second-order valence-electron chi connectivity index (χ2n) is 2.29. The summed E-state index contributed by atoms with van der Waals surface area (Å²) in [5.41, 5.74) is 5.68. The first-order chi connectivity index (χ1) is 6.33. The minimum atomic E-state index is 0.128. The average Bonchev–Trinajstić information content (AvgIpc) is 2.20. The summed E-state index contributed by atoms with van der Waals surface area (Å²) in [6.45, 7) is 2.13. The SMILES string of the molecule is CN.Cc1ccc(OCC=O)cc1. The maximum atomic E-state index is 9.92. The van der Waals surface area contributed by atoms with Gasteiger partial charge in [-0.25, -0.2) is 0 Å². The summed E-state index contributed by atoms with van der Waals surface area (Å²) in [5.74, 6) is 0.739. The van der Waals surface area contributed by atoms with Crippen molar-refractivity contribution in [2.75, 3.05) is 13.7 Å². The molecular formula is C10H15NO2. The normalized spacial score (nSPS) is 8.23. The summed E-state index contributed by atoms with van der Waals surface area (Å²) in [6, 6.07) is 7.58. The number of carbonyl (C=O) groups is 1. The molecule has 0 spiro atoms. The summed E-state index contributed by atoms with van der Waals surface area (Å²) in [4.78, 5) is 9.92. The molecule has 3 heteroatoms. The first-order valence-electron chi connectivity index (χ1n) is 4.04. The standard InChI is InChI=1S/C9H10O2.CH5N/c1-8-2-4-9(5-3-8)11-7-6-10;1-2/h2-6H,7H2,1H3;2H2,1H3. The number of hydrogen-bond acceptors (Lipinski definition) is 3. The molecule has 1 rings (SSSR count). The number of rotatable bonds is 3. The third-order valence-corrected chi connectivity index (χ3v) is 1.34. The van der Waals surface area contributed by atoms with Gasteiger partial charge in [0.25, 0.3) is 0 Å². The van der Waals surface area contributed by atoms with Crippen molar-refractivity contribution >= 4 is 6.29 Å². The maximum absolute atomic E-state index is 9.92. The van der Waals surface area contributed by atoms with Gasteiger partial charge in [-0.2, -0.15) is 0 Å². The summed E-state index contributed by atoms with van der Waals surface area (Å²) < 4.78 is 5.04. The molecule has 0 aliphatic rings. The van der Waals surface area contributed by atoms with Gasteiger partial charge in [-0.15, -0.1) is 0 Å². The van der Waals surface area contributed by atoms with Crippen LogP contribution in [0, 0.1) is 6.92 Å². The summed E-state index contributed by atoms with van der Waals surface area (Å²) in [7, 11) is 1.50. The Balaban J connectivity index is 0.000000671. The first-order valence-corrected chi connectivity index (χ1v) is 4.04. The summed E-state index contributed by atoms with van der Waals surface area (Å²) in [6.07, 6.45) is 0.736. The van der Waals surface area contributed by atoms with E-state index in [1.807, 2.05) is 31.2 Å². The van der Waals surface area contributed by atoms with Gasteiger partial charge in [-0.05, 0) is 26.1 Å². The van der Waals surface area contributed by atoms with Crippen LogP contribution in [0.15, 0.2) is 24.3 Å². The first kappa shape index (κ1) is 11.6. The Kier molecular flexibility index (Phi) is 6.55. The van der Waals surface area contributed by atoms with Crippen molar-refractivity contribution in [1.82, 2.24) is 0 Å². The van der Waals surface area contributed by atoms with E-state index >= 15 is 0 Å². The van der Waals surface area contributed by atoms with Crippen molar-refractivity contribution in [3.63, 3.8) is 0 Å². The molecule has 0 fully saturated rings. The van der Waals surface area contributed by atoms with E-state index < -0.39 is 0 Å². The number of ether oxygens (including phenoxy) is 1. The molecule has 3 nitrogen and oxygen atoms in total. The topological polar surface area (TPSA) is 52.3 Å². The number of carbonyl (C=O) groups excluding carboxylic acids is 1. The Bertz CT molecular complexity index is 231. The molecule has 0 aliphatic heterocycles. The van der Waals surface area contributed by atoms with Crippen LogP contribution in [0.5, 0.6) is 5.75 Å². The lowest BCUT2D eigenvalue weighted by atomic mass is 10.2. The van der Waals surface area contributed by atoms with E-state index in [1.165, 1.54) is 12.6 Å². The third kappa shape index (κ3) is 4.98. The highest BCUT2D eigenvalue weighted by Crippen LogP contribution is 2.10. The highest BCUT2D eigenvalue weighted by Gasteiger charge is 1.89. The van der Waals surface area contributed by atoms with Crippen molar-refractivity contribution in [2.45, 2.75) is 6.92 Å². The zero-order chi connectivity index (χ0) is 10.1. The molecule has 72 valence electrons. The fourth-order valence-electron chi connectivity index (χ4n) is 0.765. The van der Waals surface area contributed by atoms with Crippen molar-refractivity contribution in [3.8, 4) is 5.75 Å². The molecule has 0 aromatic heterocycles. The quantitative estimate of drug-likeness (QED) is 0.711. The third-order valence-electron chi connectivity index (χ3n) is 1.34. The second kappa shape index (κ2) is 7.31. The monoisotopic (exact) mass is 181 g/mol. The van der Waals surface area contributed by atoms with Crippen LogP contribution in [0.2, 0.25) is 0 Å². The lowest BCUT2D eigenvalue weighted by Gasteiger charge is -2.00. The van der Waals surface area contributed by atoms with Gasteiger partial charge in [0.05, 0.1) is 0 Å². The van der Waals surface area contributed by atoms with Gasteiger partial charge in [0, 0.05) is 0 Å². The van der Waals surface area contributed by atoms with E-state index in [2.05, 4.69) is 5.73 Å². The molecule has 0 aliphatic carbocycles. The van der Waals surface area contributed by atoms with Crippen molar-refractivity contribution in [2.24, 2.45) is 5.73 Å². The number of hydrogen-bond donors (Lipinski definition) is 1. The molecule has 1 aromatic carbocycles. The molecule has 0 unspecified atom stereocenters. The summed E-state index contributed by atoms with van der Waals surface area (Å²) >= 11 is 0. The molecule has 0 radical (unpaired) electrons. The molecular weight excluding hydrogens is 166 g/mol. The van der Waals surface area contributed by atoms with E-state index in [0.29, 0.717) is 0 Å². The van der Waals surface area contributed by atoms with Gasteiger partial charge in [-0.3, -0.25) is 4.79 Å². The smallest absolute Gasteiger partial charge is 0.157 e. The van der Waals surface area contributed by atoms with Crippen LogP contribution >= 0.6 is 0 Å². The molecule has 1 aromatic rings. The second-order valence-corrected chi connectivity index (χ2v) is 2.29. The van der Waals surface area contributed by atoms with Crippen LogP contribution in [-0.2, 0) is 4.79 Å². The van der Waals surface area contributed by atoms with E-state index in [0.717, 1.165) is 12.0 Å². The molecule has 13 heavy (non-hydrogen) atoms. The zero-order valence-electron chi connectivity index (χ0n) is 7.99. The lowest BCUT2D eigenvalue weighted by molar-refractivity contribution is -0.109. The Morgan fingerprint density at radius 3 is 2.31 bits per heavy atom. The Morgan fingerprint density at radius 2 is 1.85 bits per heavy atom. The van der Waals surface area contributed by atoms with Crippen LogP contribution < -0.4 is 10.5 Å². The predicted octanol–water partition coefficient (Wildman–Crippen LogP) is 1.15. The van der Waals surface area contributed by atoms with Crippen molar-refractivity contribution in [1.29, 1.82) is 0 Å². The van der Waals surface area contributed by atoms with Gasteiger partial charge < -0.3 is 10.5 Å². The largest absolute Gasteiger partial charge is 0.486 e. The van der Waals surface area contributed by atoms with Gasteiger partial charge in [0.1, 0.15) is 12.4 Å². The molecule has 0 heterocycles. The Labute approximate surface area is 78.5 Å². The predicted molar refractivity (Wildman–Crippen MR) is 52.8 cm³/mol. The Hall–Kier alpha value is -1.35. The van der Waals surface area contributed by atoms with Crippen LogP contribution in [0.3, 0.4) is 0 Å². The molecule has 0 amide bonds. The van der Waals surface area contributed by atoms with Gasteiger partial charge >= 0.3 is 0 Å². The molecule has 0 bridgehead atoms. The number of nitrogens with two attached hydrogens (primary N) is 1. The van der Waals surface area contributed by atoms with E-state index in [1.54, 1.807) is 0 Å². The molecule has 0 saturated heterocycles. The van der Waals surface area contributed by atoms with E-state index in [-0.39, 0.29) is 6.61 Å². The fraction of sp³-hybridized carbons (Fsp3) is 0.300. The van der Waals surface area contributed by atoms with E-state index in [4.69, 9.17) is 4.74 Å². The number of aldehydes is 1. The molecule has 0 saturated carbocycles. The fourth-order valence-corrected chi connectivity index (χ4v) is 0.765. The zero-order valence-corrected chi connectivity index (χ0v) is 7.99. The molecule has 2 N–H and O–H groups in total. The van der Waals surface area contributed by atoms with Crippen molar-refractivity contribution < 1.29 is 9.53 Å². The van der Waals surface area contributed by atoms with E-state index in [9.17, 15) is 4.79 Å². The van der Waals surface area contributed by atoms with Crippen LogP contribution in [0.4, 0.5) is 0 Å². The maximum Gasteiger partial charge on any atom is 0.157 e. The van der Waals surface area contributed by atoms with Gasteiger partial charge in [-0.1, -0.05) is 17.7 Å². The lowest BCUT2D eigenvalue weighted by Crippen LogP contribution is -1.96. The average molecular weight is 181 g/mol. The van der Waals surface area contributed by atoms with Crippen molar-refractivity contribution in [3.05, 3.63) is 29.8 Å². The van der Waals surface area contributed by atoms with Gasteiger partial charge in [0.2, 0.25) is 0 Å². The Morgan fingerprint density at radius 1 is 1.31 bits per heavy atom. The number of aryl methyl sites for hydroxylation is 1. The highest BCUT2D eigenvalue weighted by molar-refractivity contribution is 5.51. The minimum Gasteiger partial charge on any atom is -0.486 e. The summed E-state index contributed by atoms with van der Waals surface area (Å²) in [5, 5.41) is 0. The van der Waals surface area contributed by atoms with Gasteiger partial charge in [0.15, 0.2) is 6.29 Å². The van der Waals surface area contributed by atoms with Crippen LogP contribution in [0.25, 0.3) is 0 Å². The number of benzene rings is 1.